The molecule has 1 fully saturated rings. The highest BCUT2D eigenvalue weighted by Gasteiger charge is 2.19. The van der Waals surface area contributed by atoms with E-state index in [1.807, 2.05) is 4.90 Å². The zero-order valence-electron chi connectivity index (χ0n) is 18.0. The van der Waals surface area contributed by atoms with Crippen molar-refractivity contribution in [3.8, 4) is 11.3 Å². The van der Waals surface area contributed by atoms with Crippen LogP contribution >= 0.6 is 11.3 Å². The Morgan fingerprint density at radius 2 is 1.73 bits per heavy atom. The number of para-hydroxylation sites is 1. The first kappa shape index (κ1) is 20.6. The van der Waals surface area contributed by atoms with E-state index in [1.165, 1.54) is 27.9 Å². The summed E-state index contributed by atoms with van der Waals surface area (Å²) in [5, 5.41) is 2.21. The van der Waals surface area contributed by atoms with Gasteiger partial charge in [-0.1, -0.05) is 48.0 Å². The highest BCUT2D eigenvalue weighted by atomic mass is 32.1. The normalized spacial score (nSPS) is 14.7. The van der Waals surface area contributed by atoms with Crippen molar-refractivity contribution in [1.29, 1.82) is 0 Å². The number of amides is 1. The number of benzene rings is 2. The van der Waals surface area contributed by atoms with Crippen molar-refractivity contribution in [3.05, 3.63) is 69.3 Å². The third kappa shape index (κ3) is 4.41. The Hall–Kier alpha value is -2.66. The lowest BCUT2D eigenvalue weighted by atomic mass is 10.1. The first-order valence-electron chi connectivity index (χ1n) is 10.7. The van der Waals surface area contributed by atoms with E-state index in [0.717, 1.165) is 43.0 Å². The predicted octanol–water partition coefficient (Wildman–Crippen LogP) is 5.39. The molecule has 0 atom stereocenters. The Morgan fingerprint density at radius 1 is 1.00 bits per heavy atom. The lowest BCUT2D eigenvalue weighted by Crippen LogP contribution is -2.27. The molecule has 0 saturated carbocycles. The Labute approximate surface area is 182 Å². The molecule has 0 unspecified atom stereocenters. The highest BCUT2D eigenvalue weighted by Crippen LogP contribution is 2.25. The molecule has 0 bridgehead atoms. The average molecular weight is 420 g/mol. The van der Waals surface area contributed by atoms with Crippen molar-refractivity contribution in [2.75, 3.05) is 13.1 Å². The van der Waals surface area contributed by atoms with Crippen molar-refractivity contribution >= 4 is 22.9 Å². The Bertz CT molecular complexity index is 1090. The molecule has 0 N–H and O–H groups in total. The zero-order chi connectivity index (χ0) is 21.1. The van der Waals surface area contributed by atoms with Crippen LogP contribution < -0.4 is 4.80 Å². The summed E-state index contributed by atoms with van der Waals surface area (Å²) in [4.78, 5) is 20.1. The summed E-state index contributed by atoms with van der Waals surface area (Å²) >= 11 is 1.69. The molecule has 3 aromatic rings. The maximum atomic E-state index is 12.0. The van der Waals surface area contributed by atoms with Gasteiger partial charge in [-0.2, -0.15) is 0 Å². The van der Waals surface area contributed by atoms with Crippen LogP contribution in [0.25, 0.3) is 11.3 Å². The van der Waals surface area contributed by atoms with Crippen LogP contribution in [-0.2, 0) is 11.3 Å². The summed E-state index contributed by atoms with van der Waals surface area (Å²) in [7, 11) is 0. The molecule has 2 heterocycles. The lowest BCUT2D eigenvalue weighted by Gasteiger charge is -2.16. The van der Waals surface area contributed by atoms with E-state index in [9.17, 15) is 4.79 Å². The van der Waals surface area contributed by atoms with Gasteiger partial charge >= 0.3 is 0 Å². The lowest BCUT2D eigenvalue weighted by molar-refractivity contribution is -0.127. The zero-order valence-corrected chi connectivity index (χ0v) is 18.8. The standard InChI is InChI=1S/C25H29N3OS/c1-18-10-12-21(13-11-18)22-17-30-25(26-24-19(2)7-4-8-20(24)3)28(22)16-6-15-27-14-5-9-23(27)29/h4,7-8,10-13,17H,5-6,9,14-16H2,1-3H3. The van der Waals surface area contributed by atoms with Crippen LogP contribution in [0.5, 0.6) is 0 Å². The van der Waals surface area contributed by atoms with Gasteiger partial charge in [-0.3, -0.25) is 4.79 Å². The molecule has 0 spiro atoms. The molecule has 4 rings (SSSR count). The second-order valence-corrected chi connectivity index (χ2v) is 8.95. The molecule has 5 heteroatoms. The number of hydrogen-bond acceptors (Lipinski definition) is 3. The number of thiazole rings is 1. The second kappa shape index (κ2) is 9.00. The number of likely N-dealkylation sites (tertiary alicyclic amines) is 1. The van der Waals surface area contributed by atoms with E-state index in [4.69, 9.17) is 4.99 Å². The van der Waals surface area contributed by atoms with Crippen molar-refractivity contribution in [2.45, 2.75) is 46.6 Å². The van der Waals surface area contributed by atoms with Gasteiger partial charge in [-0.05, 0) is 50.3 Å². The number of aryl methyl sites for hydroxylation is 3. The van der Waals surface area contributed by atoms with Crippen molar-refractivity contribution < 1.29 is 4.79 Å². The number of carbonyl (C=O) groups is 1. The van der Waals surface area contributed by atoms with Gasteiger partial charge in [0.25, 0.3) is 0 Å². The Kier molecular flexibility index (Phi) is 6.18. The van der Waals surface area contributed by atoms with E-state index in [-0.39, 0.29) is 0 Å². The van der Waals surface area contributed by atoms with E-state index in [2.05, 4.69) is 73.2 Å². The summed E-state index contributed by atoms with van der Waals surface area (Å²) < 4.78 is 2.32. The van der Waals surface area contributed by atoms with Gasteiger partial charge in [0, 0.05) is 31.4 Å². The first-order chi connectivity index (χ1) is 14.5. The van der Waals surface area contributed by atoms with Crippen molar-refractivity contribution in [1.82, 2.24) is 9.47 Å². The summed E-state index contributed by atoms with van der Waals surface area (Å²) in [6.45, 7) is 8.91. The number of carbonyl (C=O) groups excluding carboxylic acids is 1. The highest BCUT2D eigenvalue weighted by molar-refractivity contribution is 7.07. The summed E-state index contributed by atoms with van der Waals surface area (Å²) in [5.74, 6) is 0.296. The summed E-state index contributed by atoms with van der Waals surface area (Å²) in [6.07, 6.45) is 2.63. The molecule has 1 aromatic heterocycles. The van der Waals surface area contributed by atoms with Crippen molar-refractivity contribution in [2.24, 2.45) is 4.99 Å². The molecular formula is C25H29N3OS. The quantitative estimate of drug-likeness (QED) is 0.528. The van der Waals surface area contributed by atoms with Gasteiger partial charge in [0.15, 0.2) is 4.80 Å². The summed E-state index contributed by atoms with van der Waals surface area (Å²) in [6, 6.07) is 15.0. The minimum absolute atomic E-state index is 0.296. The molecule has 0 aliphatic carbocycles. The monoisotopic (exact) mass is 419 g/mol. The van der Waals surface area contributed by atoms with E-state index >= 15 is 0 Å². The van der Waals surface area contributed by atoms with Crippen LogP contribution in [0.15, 0.2) is 52.8 Å². The second-order valence-electron chi connectivity index (χ2n) is 8.11. The van der Waals surface area contributed by atoms with Gasteiger partial charge in [-0.25, -0.2) is 4.99 Å². The SMILES string of the molecule is Cc1ccc(-c2csc(=Nc3c(C)cccc3C)n2CCCN2CCCC2=O)cc1. The van der Waals surface area contributed by atoms with E-state index < -0.39 is 0 Å². The molecule has 1 aliphatic heterocycles. The Balaban J connectivity index is 1.70. The third-order valence-corrected chi connectivity index (χ3v) is 6.64. The van der Waals surface area contributed by atoms with Gasteiger partial charge in [0.2, 0.25) is 5.91 Å². The van der Waals surface area contributed by atoms with Crippen LogP contribution in [0, 0.1) is 20.8 Å². The fraction of sp³-hybridized carbons (Fsp3) is 0.360. The van der Waals surface area contributed by atoms with Crippen LogP contribution in [0.2, 0.25) is 0 Å². The fourth-order valence-electron chi connectivity index (χ4n) is 4.03. The number of rotatable bonds is 6. The average Bonchev–Trinajstić information content (AvgIpc) is 3.32. The molecule has 1 aliphatic rings. The topological polar surface area (TPSA) is 37.6 Å². The largest absolute Gasteiger partial charge is 0.343 e. The predicted molar refractivity (Wildman–Crippen MR) is 124 cm³/mol. The minimum Gasteiger partial charge on any atom is -0.343 e. The number of nitrogens with zero attached hydrogens (tertiary/aromatic N) is 3. The molecule has 30 heavy (non-hydrogen) atoms. The molecule has 1 saturated heterocycles. The molecule has 156 valence electrons. The number of aromatic nitrogens is 1. The molecule has 0 radical (unpaired) electrons. The summed E-state index contributed by atoms with van der Waals surface area (Å²) in [5.41, 5.74) is 7.09. The van der Waals surface area contributed by atoms with Gasteiger partial charge in [0.1, 0.15) is 0 Å². The third-order valence-electron chi connectivity index (χ3n) is 5.77. The van der Waals surface area contributed by atoms with Crippen LogP contribution in [0.1, 0.15) is 36.0 Å². The maximum Gasteiger partial charge on any atom is 0.222 e. The van der Waals surface area contributed by atoms with Crippen LogP contribution in [-0.4, -0.2) is 28.5 Å². The minimum atomic E-state index is 0.296. The molecule has 1 amide bonds. The van der Waals surface area contributed by atoms with Gasteiger partial charge in [0.05, 0.1) is 11.4 Å². The van der Waals surface area contributed by atoms with Gasteiger partial charge < -0.3 is 9.47 Å². The van der Waals surface area contributed by atoms with E-state index in [1.54, 1.807) is 11.3 Å². The Morgan fingerprint density at radius 3 is 2.40 bits per heavy atom. The maximum absolute atomic E-state index is 12.0. The first-order valence-corrected chi connectivity index (χ1v) is 11.5. The molecule has 4 nitrogen and oxygen atoms in total. The molecule has 2 aromatic carbocycles. The van der Waals surface area contributed by atoms with Gasteiger partial charge in [-0.15, -0.1) is 11.3 Å². The molecular weight excluding hydrogens is 390 g/mol. The van der Waals surface area contributed by atoms with E-state index in [0.29, 0.717) is 12.3 Å². The van der Waals surface area contributed by atoms with Crippen LogP contribution in [0.3, 0.4) is 0 Å². The fourth-order valence-corrected chi connectivity index (χ4v) is 4.97. The smallest absolute Gasteiger partial charge is 0.222 e. The van der Waals surface area contributed by atoms with Crippen LogP contribution in [0.4, 0.5) is 5.69 Å². The number of hydrogen-bond donors (Lipinski definition) is 0. The van der Waals surface area contributed by atoms with Crippen molar-refractivity contribution in [3.63, 3.8) is 0 Å².